The Balaban J connectivity index is 1.56. The van der Waals surface area contributed by atoms with Gasteiger partial charge in [-0.3, -0.25) is 14.5 Å². The van der Waals surface area contributed by atoms with E-state index in [2.05, 4.69) is 15.5 Å². The van der Waals surface area contributed by atoms with Crippen LogP contribution >= 0.6 is 22.9 Å². The lowest BCUT2D eigenvalue weighted by Crippen LogP contribution is -2.41. The normalized spacial score (nSPS) is 15.5. The Morgan fingerprint density at radius 3 is 2.56 bits per heavy atom. The van der Waals surface area contributed by atoms with Crippen LogP contribution in [0, 0.1) is 6.92 Å². The topological polar surface area (TPSA) is 61.4 Å². The van der Waals surface area contributed by atoms with Gasteiger partial charge in [0.2, 0.25) is 5.91 Å². The van der Waals surface area contributed by atoms with Gasteiger partial charge in [-0.15, -0.1) is 11.3 Å². The molecule has 144 valence electrons. The third-order valence-electron chi connectivity index (χ3n) is 4.71. The number of rotatable bonds is 7. The van der Waals surface area contributed by atoms with Crippen molar-refractivity contribution in [1.29, 1.82) is 0 Å². The zero-order chi connectivity index (χ0) is 19.2. The van der Waals surface area contributed by atoms with Crippen molar-refractivity contribution < 1.29 is 9.59 Å². The van der Waals surface area contributed by atoms with Crippen molar-refractivity contribution >= 4 is 34.8 Å². The van der Waals surface area contributed by atoms with Crippen molar-refractivity contribution in [3.63, 3.8) is 0 Å². The molecule has 2 heterocycles. The number of hydrogen-bond donors (Lipinski definition) is 2. The van der Waals surface area contributed by atoms with Crippen LogP contribution in [0.5, 0.6) is 0 Å². The summed E-state index contributed by atoms with van der Waals surface area (Å²) < 4.78 is 0. The van der Waals surface area contributed by atoms with Gasteiger partial charge in [0.05, 0.1) is 17.5 Å². The zero-order valence-corrected chi connectivity index (χ0v) is 16.9. The fraction of sp³-hybridized carbons (Fsp3) is 0.400. The molecule has 2 amide bonds. The average Bonchev–Trinajstić information content (AvgIpc) is 3.33. The molecule has 0 spiro atoms. The summed E-state index contributed by atoms with van der Waals surface area (Å²) >= 11 is 7.81. The predicted octanol–water partition coefficient (Wildman–Crippen LogP) is 3.39. The van der Waals surface area contributed by atoms with Crippen LogP contribution in [0.1, 0.15) is 39.0 Å². The number of carbonyl (C=O) groups excluding carboxylic acids is 2. The Kier molecular flexibility index (Phi) is 6.88. The van der Waals surface area contributed by atoms with Gasteiger partial charge >= 0.3 is 0 Å². The molecule has 27 heavy (non-hydrogen) atoms. The highest BCUT2D eigenvalue weighted by atomic mass is 35.5. The zero-order valence-electron chi connectivity index (χ0n) is 15.3. The molecule has 0 aliphatic carbocycles. The van der Waals surface area contributed by atoms with Crippen LogP contribution in [0.3, 0.4) is 0 Å². The smallest absolute Gasteiger partial charge is 0.261 e. The molecule has 1 saturated heterocycles. The Morgan fingerprint density at radius 2 is 1.89 bits per heavy atom. The van der Waals surface area contributed by atoms with Gasteiger partial charge in [-0.25, -0.2) is 0 Å². The van der Waals surface area contributed by atoms with Crippen molar-refractivity contribution in [2.45, 2.75) is 25.8 Å². The number of nitrogens with zero attached hydrogens (tertiary/aromatic N) is 1. The minimum absolute atomic E-state index is 0.0367. The molecule has 0 saturated carbocycles. The lowest BCUT2D eigenvalue weighted by molar-refractivity contribution is -0.120. The third-order valence-corrected chi connectivity index (χ3v) is 6.06. The van der Waals surface area contributed by atoms with Crippen LogP contribution in [-0.4, -0.2) is 42.9 Å². The highest BCUT2D eigenvalue weighted by molar-refractivity contribution is 7.13. The second-order valence-corrected chi connectivity index (χ2v) is 8.37. The SMILES string of the molecule is Cc1ccc(C(=O)NCC(=O)NCC(c2ccccc2Cl)N2CCCC2)s1. The van der Waals surface area contributed by atoms with E-state index in [0.29, 0.717) is 16.4 Å². The molecular weight excluding hydrogens is 382 g/mol. The lowest BCUT2D eigenvalue weighted by Gasteiger charge is -2.29. The van der Waals surface area contributed by atoms with Gasteiger partial charge in [-0.2, -0.15) is 0 Å². The molecule has 7 heteroatoms. The molecule has 1 unspecified atom stereocenters. The molecule has 2 aromatic rings. The van der Waals surface area contributed by atoms with Crippen LogP contribution in [0.15, 0.2) is 36.4 Å². The molecule has 5 nitrogen and oxygen atoms in total. The first-order valence-corrected chi connectivity index (χ1v) is 10.3. The van der Waals surface area contributed by atoms with Crippen LogP contribution in [-0.2, 0) is 4.79 Å². The number of thiophene rings is 1. The molecule has 1 aromatic heterocycles. The number of likely N-dealkylation sites (tertiary alicyclic amines) is 1. The van der Waals surface area contributed by atoms with Crippen LogP contribution < -0.4 is 10.6 Å². The van der Waals surface area contributed by atoms with Crippen LogP contribution in [0.25, 0.3) is 0 Å². The van der Waals surface area contributed by atoms with E-state index in [1.807, 2.05) is 37.3 Å². The molecule has 1 aromatic carbocycles. The van der Waals surface area contributed by atoms with E-state index >= 15 is 0 Å². The maximum Gasteiger partial charge on any atom is 0.261 e. The van der Waals surface area contributed by atoms with Gasteiger partial charge in [0, 0.05) is 16.4 Å². The van der Waals surface area contributed by atoms with E-state index in [-0.39, 0.29) is 24.4 Å². The molecule has 1 aliphatic rings. The molecular formula is C20H24ClN3O2S. The first kappa shape index (κ1) is 19.9. The van der Waals surface area contributed by atoms with Gasteiger partial charge < -0.3 is 10.6 Å². The van der Waals surface area contributed by atoms with Crippen molar-refractivity contribution in [2.24, 2.45) is 0 Å². The summed E-state index contributed by atoms with van der Waals surface area (Å²) in [5.41, 5.74) is 1.03. The summed E-state index contributed by atoms with van der Waals surface area (Å²) in [6, 6.07) is 11.5. The van der Waals surface area contributed by atoms with Crippen LogP contribution in [0.2, 0.25) is 5.02 Å². The Labute approximate surface area is 168 Å². The average molecular weight is 406 g/mol. The number of halogens is 1. The second kappa shape index (κ2) is 9.35. The molecule has 1 aliphatic heterocycles. The van der Waals surface area contributed by atoms with E-state index in [1.165, 1.54) is 11.3 Å². The number of amides is 2. The van der Waals surface area contributed by atoms with Crippen molar-refractivity contribution in [1.82, 2.24) is 15.5 Å². The van der Waals surface area contributed by atoms with E-state index in [9.17, 15) is 9.59 Å². The molecule has 0 bridgehead atoms. The number of aryl methyl sites for hydroxylation is 1. The predicted molar refractivity (Wildman–Crippen MR) is 109 cm³/mol. The monoisotopic (exact) mass is 405 g/mol. The number of hydrogen-bond acceptors (Lipinski definition) is 4. The Morgan fingerprint density at radius 1 is 1.15 bits per heavy atom. The van der Waals surface area contributed by atoms with Gasteiger partial charge in [0.1, 0.15) is 0 Å². The highest BCUT2D eigenvalue weighted by Crippen LogP contribution is 2.29. The standard InChI is InChI=1S/C20H24ClN3O2S/c1-14-8-9-18(27-14)20(26)23-13-19(25)22-12-17(24-10-4-5-11-24)15-6-2-3-7-16(15)21/h2-3,6-9,17H,4-5,10-13H2,1H3,(H,22,25)(H,23,26). The summed E-state index contributed by atoms with van der Waals surface area (Å²) in [4.78, 5) is 28.4. The van der Waals surface area contributed by atoms with Gasteiger partial charge in [0.25, 0.3) is 5.91 Å². The fourth-order valence-corrected chi connectivity index (χ4v) is 4.36. The van der Waals surface area contributed by atoms with Crippen molar-refractivity contribution in [2.75, 3.05) is 26.2 Å². The number of benzene rings is 1. The van der Waals surface area contributed by atoms with E-state index in [4.69, 9.17) is 11.6 Å². The van der Waals surface area contributed by atoms with Crippen molar-refractivity contribution in [3.8, 4) is 0 Å². The molecule has 1 fully saturated rings. The quantitative estimate of drug-likeness (QED) is 0.742. The van der Waals surface area contributed by atoms with Gasteiger partial charge in [-0.1, -0.05) is 29.8 Å². The van der Waals surface area contributed by atoms with E-state index < -0.39 is 0 Å². The third kappa shape index (κ3) is 5.31. The first-order valence-electron chi connectivity index (χ1n) is 9.14. The summed E-state index contributed by atoms with van der Waals surface area (Å²) in [6.45, 7) is 4.38. The molecule has 2 N–H and O–H groups in total. The highest BCUT2D eigenvalue weighted by Gasteiger charge is 2.25. The maximum absolute atomic E-state index is 12.2. The molecule has 3 rings (SSSR count). The molecule has 0 radical (unpaired) electrons. The Hall–Kier alpha value is -1.89. The van der Waals surface area contributed by atoms with E-state index in [0.717, 1.165) is 36.4 Å². The minimum atomic E-state index is -0.217. The van der Waals surface area contributed by atoms with Crippen molar-refractivity contribution in [3.05, 3.63) is 56.7 Å². The summed E-state index contributed by atoms with van der Waals surface area (Å²) in [7, 11) is 0. The largest absolute Gasteiger partial charge is 0.353 e. The fourth-order valence-electron chi connectivity index (χ4n) is 3.31. The Bertz CT molecular complexity index is 802. The second-order valence-electron chi connectivity index (χ2n) is 6.68. The number of carbonyl (C=O) groups is 2. The number of nitrogens with one attached hydrogen (secondary N) is 2. The van der Waals surface area contributed by atoms with Gasteiger partial charge in [0.15, 0.2) is 0 Å². The lowest BCUT2D eigenvalue weighted by atomic mass is 10.1. The van der Waals surface area contributed by atoms with Gasteiger partial charge in [-0.05, 0) is 56.6 Å². The first-order chi connectivity index (χ1) is 13.0. The van der Waals surface area contributed by atoms with E-state index in [1.54, 1.807) is 6.07 Å². The summed E-state index contributed by atoms with van der Waals surface area (Å²) in [5.74, 6) is -0.418. The summed E-state index contributed by atoms with van der Waals surface area (Å²) in [5, 5.41) is 6.34. The summed E-state index contributed by atoms with van der Waals surface area (Å²) in [6.07, 6.45) is 2.32. The molecule has 1 atom stereocenters. The maximum atomic E-state index is 12.2. The van der Waals surface area contributed by atoms with Crippen LogP contribution in [0.4, 0.5) is 0 Å². The minimum Gasteiger partial charge on any atom is -0.353 e.